The van der Waals surface area contributed by atoms with Gasteiger partial charge in [-0.3, -0.25) is 4.79 Å². The van der Waals surface area contributed by atoms with Gasteiger partial charge in [-0.25, -0.2) is 0 Å². The van der Waals surface area contributed by atoms with E-state index in [0.717, 1.165) is 15.8 Å². The van der Waals surface area contributed by atoms with Crippen molar-refractivity contribution in [2.75, 3.05) is 12.9 Å². The maximum absolute atomic E-state index is 11.0. The van der Waals surface area contributed by atoms with Crippen molar-refractivity contribution in [3.8, 4) is 0 Å². The Morgan fingerprint density at radius 1 is 1.69 bits per heavy atom. The summed E-state index contributed by atoms with van der Waals surface area (Å²) in [4.78, 5) is 12.2. The minimum atomic E-state index is -0.510. The monoisotopic (exact) mass is 279 g/mol. The van der Waals surface area contributed by atoms with Crippen molar-refractivity contribution in [1.82, 2.24) is 0 Å². The van der Waals surface area contributed by atoms with Crippen LogP contribution in [0.25, 0.3) is 0 Å². The van der Waals surface area contributed by atoms with Crippen molar-refractivity contribution in [1.29, 1.82) is 0 Å². The van der Waals surface area contributed by atoms with Crippen molar-refractivity contribution in [3.05, 3.63) is 21.3 Å². The molecule has 0 bridgehead atoms. The molecule has 0 spiro atoms. The molecule has 1 heterocycles. The second-order valence-corrected chi connectivity index (χ2v) is 6.08. The summed E-state index contributed by atoms with van der Waals surface area (Å²) in [7, 11) is 1.35. The van der Waals surface area contributed by atoms with Crippen LogP contribution in [0.1, 0.15) is 11.3 Å². The molecule has 1 atom stereocenters. The molecular formula is C10H14ClNO2S2. The average Bonchev–Trinajstić information content (AvgIpc) is 2.69. The summed E-state index contributed by atoms with van der Waals surface area (Å²) >= 11 is 9.13. The van der Waals surface area contributed by atoms with E-state index in [4.69, 9.17) is 17.3 Å². The third kappa shape index (κ3) is 4.74. The second-order valence-electron chi connectivity index (χ2n) is 3.18. The zero-order valence-corrected chi connectivity index (χ0v) is 11.3. The van der Waals surface area contributed by atoms with Crippen LogP contribution in [-0.2, 0) is 15.3 Å². The first-order valence-corrected chi connectivity index (χ1v) is 7.13. The Labute approximate surface area is 108 Å². The van der Waals surface area contributed by atoms with Gasteiger partial charge in [0.25, 0.3) is 0 Å². The lowest BCUT2D eigenvalue weighted by molar-refractivity contribution is -0.142. The Balaban J connectivity index is 2.14. The van der Waals surface area contributed by atoms with Gasteiger partial charge in [-0.1, -0.05) is 11.6 Å². The van der Waals surface area contributed by atoms with E-state index < -0.39 is 6.04 Å². The summed E-state index contributed by atoms with van der Waals surface area (Å²) in [6.07, 6.45) is 0.635. The van der Waals surface area contributed by atoms with E-state index >= 15 is 0 Å². The number of thioether (sulfide) groups is 1. The van der Waals surface area contributed by atoms with E-state index in [1.807, 2.05) is 12.1 Å². The molecule has 90 valence electrons. The number of carbonyl (C=O) groups is 1. The summed E-state index contributed by atoms with van der Waals surface area (Å²) in [5.74, 6) is 1.40. The fourth-order valence-electron chi connectivity index (χ4n) is 1.08. The molecule has 0 saturated carbocycles. The number of halogens is 1. The molecule has 3 nitrogen and oxygen atoms in total. The Morgan fingerprint density at radius 3 is 3.00 bits per heavy atom. The van der Waals surface area contributed by atoms with Crippen LogP contribution < -0.4 is 5.73 Å². The van der Waals surface area contributed by atoms with E-state index in [9.17, 15) is 4.79 Å². The molecule has 0 aliphatic carbocycles. The number of ether oxygens (including phenoxy) is 1. The Hall–Kier alpha value is -0.230. The normalized spacial score (nSPS) is 12.4. The average molecular weight is 280 g/mol. The highest BCUT2D eigenvalue weighted by molar-refractivity contribution is 7.98. The van der Waals surface area contributed by atoms with E-state index in [1.54, 1.807) is 23.1 Å². The quantitative estimate of drug-likeness (QED) is 0.642. The van der Waals surface area contributed by atoms with E-state index in [2.05, 4.69) is 4.74 Å². The first-order chi connectivity index (χ1) is 7.63. The predicted molar refractivity (Wildman–Crippen MR) is 70.1 cm³/mol. The highest BCUT2D eigenvalue weighted by Crippen LogP contribution is 2.25. The van der Waals surface area contributed by atoms with Crippen LogP contribution in [0.4, 0.5) is 0 Å². The molecule has 6 heteroatoms. The van der Waals surface area contributed by atoms with Gasteiger partial charge in [0.15, 0.2) is 0 Å². The molecule has 0 aliphatic rings. The van der Waals surface area contributed by atoms with Gasteiger partial charge in [-0.2, -0.15) is 11.8 Å². The molecular weight excluding hydrogens is 266 g/mol. The molecule has 1 aromatic heterocycles. The smallest absolute Gasteiger partial charge is 0.322 e. The van der Waals surface area contributed by atoms with Crippen LogP contribution in [0.5, 0.6) is 0 Å². The van der Waals surface area contributed by atoms with Gasteiger partial charge in [0.2, 0.25) is 0 Å². The van der Waals surface area contributed by atoms with Crippen LogP contribution in [0.2, 0.25) is 4.34 Å². The lowest BCUT2D eigenvalue weighted by Crippen LogP contribution is -2.31. The van der Waals surface area contributed by atoms with Crippen molar-refractivity contribution in [3.63, 3.8) is 0 Å². The fraction of sp³-hybridized carbons (Fsp3) is 0.500. The van der Waals surface area contributed by atoms with E-state index in [1.165, 1.54) is 12.0 Å². The largest absolute Gasteiger partial charge is 0.468 e. The lowest BCUT2D eigenvalue weighted by atomic mass is 10.2. The Morgan fingerprint density at radius 2 is 2.44 bits per heavy atom. The summed E-state index contributed by atoms with van der Waals surface area (Å²) in [6, 6.07) is 3.40. The summed E-state index contributed by atoms with van der Waals surface area (Å²) in [5.41, 5.74) is 5.60. The van der Waals surface area contributed by atoms with Gasteiger partial charge < -0.3 is 10.5 Å². The third-order valence-electron chi connectivity index (χ3n) is 1.95. The van der Waals surface area contributed by atoms with Crippen molar-refractivity contribution < 1.29 is 9.53 Å². The molecule has 1 unspecified atom stereocenters. The van der Waals surface area contributed by atoms with Gasteiger partial charge in [0, 0.05) is 10.6 Å². The maximum Gasteiger partial charge on any atom is 0.322 e. The Bertz CT molecular complexity index is 343. The van der Waals surface area contributed by atoms with Crippen molar-refractivity contribution in [2.24, 2.45) is 5.73 Å². The van der Waals surface area contributed by atoms with Crippen LogP contribution in [0.3, 0.4) is 0 Å². The maximum atomic E-state index is 11.0. The number of hydrogen-bond donors (Lipinski definition) is 1. The first-order valence-electron chi connectivity index (χ1n) is 4.79. The number of hydrogen-bond acceptors (Lipinski definition) is 5. The van der Waals surface area contributed by atoms with Crippen molar-refractivity contribution >= 4 is 40.7 Å². The molecule has 0 aromatic carbocycles. The van der Waals surface area contributed by atoms with Crippen LogP contribution in [0.15, 0.2) is 12.1 Å². The molecule has 2 N–H and O–H groups in total. The number of carbonyl (C=O) groups excluding carboxylic acids is 1. The zero-order chi connectivity index (χ0) is 12.0. The highest BCUT2D eigenvalue weighted by Gasteiger charge is 2.12. The van der Waals surface area contributed by atoms with E-state index in [0.29, 0.717) is 6.42 Å². The highest BCUT2D eigenvalue weighted by atomic mass is 35.5. The summed E-state index contributed by atoms with van der Waals surface area (Å²) in [6.45, 7) is 0. The first kappa shape index (κ1) is 13.8. The van der Waals surface area contributed by atoms with Gasteiger partial charge in [0.1, 0.15) is 6.04 Å². The minimum absolute atomic E-state index is 0.347. The Kier molecular flexibility index (Phi) is 6.20. The molecule has 1 aromatic rings. The molecule has 0 saturated heterocycles. The number of methoxy groups -OCH3 is 1. The van der Waals surface area contributed by atoms with Crippen LogP contribution >= 0.6 is 34.7 Å². The summed E-state index contributed by atoms with van der Waals surface area (Å²) < 4.78 is 5.35. The van der Waals surface area contributed by atoms with Crippen LogP contribution in [0, 0.1) is 0 Å². The van der Waals surface area contributed by atoms with Gasteiger partial charge in [-0.15, -0.1) is 11.3 Å². The minimum Gasteiger partial charge on any atom is -0.468 e. The number of rotatable bonds is 6. The third-order valence-corrected chi connectivity index (χ3v) is 4.40. The molecule has 16 heavy (non-hydrogen) atoms. The topological polar surface area (TPSA) is 52.3 Å². The SMILES string of the molecule is COC(=O)C(N)CCSCc1ccc(Cl)s1. The fourth-order valence-corrected chi connectivity index (χ4v) is 3.31. The summed E-state index contributed by atoms with van der Waals surface area (Å²) in [5, 5.41) is 0. The number of nitrogens with two attached hydrogens (primary N) is 1. The molecule has 0 fully saturated rings. The number of thiophene rings is 1. The lowest BCUT2D eigenvalue weighted by Gasteiger charge is -2.07. The van der Waals surface area contributed by atoms with Gasteiger partial charge in [0.05, 0.1) is 11.4 Å². The number of esters is 1. The standard InChI is InChI=1S/C10H14ClNO2S2/c1-14-10(13)8(12)4-5-15-6-7-2-3-9(11)16-7/h2-3,8H,4-6,12H2,1H3. The zero-order valence-electron chi connectivity index (χ0n) is 8.94. The molecule has 0 radical (unpaired) electrons. The molecule has 0 aliphatic heterocycles. The van der Waals surface area contributed by atoms with Gasteiger partial charge in [-0.05, 0) is 24.3 Å². The van der Waals surface area contributed by atoms with E-state index in [-0.39, 0.29) is 5.97 Å². The van der Waals surface area contributed by atoms with Gasteiger partial charge >= 0.3 is 5.97 Å². The molecule has 1 rings (SSSR count). The second kappa shape index (κ2) is 7.17. The predicted octanol–water partition coefficient (Wildman–Crippen LogP) is 2.53. The molecule has 0 amide bonds. The van der Waals surface area contributed by atoms with Crippen LogP contribution in [-0.4, -0.2) is 24.9 Å². The van der Waals surface area contributed by atoms with Crippen molar-refractivity contribution in [2.45, 2.75) is 18.2 Å².